The van der Waals surface area contributed by atoms with Crippen molar-refractivity contribution < 1.29 is 14.6 Å². The Morgan fingerprint density at radius 2 is 2.11 bits per heavy atom. The molecule has 3 heterocycles. The number of nitrogens with zero attached hydrogens (tertiary/aromatic N) is 2. The number of amides is 1. The second-order valence-corrected chi connectivity index (χ2v) is 5.75. The van der Waals surface area contributed by atoms with E-state index in [2.05, 4.69) is 4.90 Å². The lowest BCUT2D eigenvalue weighted by Gasteiger charge is -2.55. The first-order chi connectivity index (χ1) is 8.69. The maximum Gasteiger partial charge on any atom is 0.410 e. The van der Waals surface area contributed by atoms with E-state index >= 15 is 0 Å². The van der Waals surface area contributed by atoms with E-state index in [1.54, 1.807) is 0 Å². The van der Waals surface area contributed by atoms with E-state index in [9.17, 15) is 9.90 Å². The monoisotopic (exact) mass is 254 g/mol. The molecular weight excluding hydrogens is 232 g/mol. The van der Waals surface area contributed by atoms with Gasteiger partial charge in [0, 0.05) is 31.7 Å². The average Bonchev–Trinajstić information content (AvgIpc) is 2.35. The number of likely N-dealkylation sites (tertiary alicyclic amines) is 1. The van der Waals surface area contributed by atoms with Gasteiger partial charge >= 0.3 is 6.09 Å². The Bertz CT molecular complexity index is 330. The summed E-state index contributed by atoms with van der Waals surface area (Å²) in [5.41, 5.74) is 0. The molecule has 5 nitrogen and oxygen atoms in total. The molecule has 3 atom stereocenters. The highest BCUT2D eigenvalue weighted by atomic mass is 16.6. The molecule has 3 saturated heterocycles. The highest BCUT2D eigenvalue weighted by Crippen LogP contribution is 2.39. The van der Waals surface area contributed by atoms with Gasteiger partial charge in [-0.15, -0.1) is 0 Å². The largest absolute Gasteiger partial charge is 0.450 e. The molecule has 1 saturated carbocycles. The van der Waals surface area contributed by atoms with Crippen LogP contribution >= 0.6 is 0 Å². The molecule has 0 spiro atoms. The van der Waals surface area contributed by atoms with E-state index in [1.165, 1.54) is 6.42 Å². The molecule has 102 valence electrons. The van der Waals surface area contributed by atoms with Crippen molar-refractivity contribution in [2.75, 3.05) is 26.2 Å². The highest BCUT2D eigenvalue weighted by Gasteiger charge is 2.47. The van der Waals surface area contributed by atoms with E-state index < -0.39 is 0 Å². The minimum atomic E-state index is -0.144. The van der Waals surface area contributed by atoms with Crippen LogP contribution in [0.3, 0.4) is 0 Å². The molecule has 0 aromatic heterocycles. The maximum atomic E-state index is 11.9. The fourth-order valence-electron chi connectivity index (χ4n) is 3.72. The second-order valence-electron chi connectivity index (χ2n) is 5.75. The highest BCUT2D eigenvalue weighted by molar-refractivity contribution is 5.68. The number of ether oxygens (including phenoxy) is 1. The molecule has 1 N–H and O–H groups in total. The molecule has 5 heteroatoms. The van der Waals surface area contributed by atoms with E-state index in [4.69, 9.17) is 4.74 Å². The van der Waals surface area contributed by atoms with E-state index in [-0.39, 0.29) is 12.2 Å². The molecule has 1 amide bonds. The lowest BCUT2D eigenvalue weighted by atomic mass is 9.74. The van der Waals surface area contributed by atoms with Gasteiger partial charge in [-0.2, -0.15) is 0 Å². The normalized spacial score (nSPS) is 36.6. The zero-order valence-electron chi connectivity index (χ0n) is 10.9. The van der Waals surface area contributed by atoms with Gasteiger partial charge in [-0.05, 0) is 32.1 Å². The summed E-state index contributed by atoms with van der Waals surface area (Å²) in [6, 6.07) is 0.912. The smallest absolute Gasteiger partial charge is 0.410 e. The predicted octanol–water partition coefficient (Wildman–Crippen LogP) is 0.672. The summed E-state index contributed by atoms with van der Waals surface area (Å²) in [6.45, 7) is 4.76. The number of carbonyl (C=O) groups is 1. The molecule has 4 aliphatic rings. The van der Waals surface area contributed by atoms with Gasteiger partial charge < -0.3 is 14.7 Å². The van der Waals surface area contributed by atoms with Crippen LogP contribution in [0, 0.1) is 5.92 Å². The number of hydrogen-bond donors (Lipinski definition) is 1. The minimum absolute atomic E-state index is 0.133. The average molecular weight is 254 g/mol. The first-order valence-electron chi connectivity index (χ1n) is 7.04. The van der Waals surface area contributed by atoms with Gasteiger partial charge in [-0.3, -0.25) is 4.90 Å². The Morgan fingerprint density at radius 1 is 1.33 bits per heavy atom. The number of piperidine rings is 2. The molecule has 4 fully saturated rings. The number of aliphatic hydroxyl groups is 1. The maximum absolute atomic E-state index is 11.9. The first kappa shape index (κ1) is 12.2. The SMILES string of the molecule is CCOC(=O)N1CC2CCC1CC2N1CC(O)C1. The molecule has 2 bridgehead atoms. The molecule has 18 heavy (non-hydrogen) atoms. The number of rotatable bonds is 2. The fourth-order valence-corrected chi connectivity index (χ4v) is 3.72. The van der Waals surface area contributed by atoms with Gasteiger partial charge in [0.05, 0.1) is 12.7 Å². The van der Waals surface area contributed by atoms with Gasteiger partial charge in [0.15, 0.2) is 0 Å². The number of hydrogen-bond acceptors (Lipinski definition) is 4. The second kappa shape index (κ2) is 4.70. The zero-order valence-corrected chi connectivity index (χ0v) is 10.9. The van der Waals surface area contributed by atoms with Gasteiger partial charge in [-0.1, -0.05) is 0 Å². The first-order valence-corrected chi connectivity index (χ1v) is 7.04. The van der Waals surface area contributed by atoms with Crippen molar-refractivity contribution in [2.45, 2.75) is 44.4 Å². The Hall–Kier alpha value is -0.810. The number of fused-ring (bicyclic) bond motifs is 3. The molecular formula is C13H22N2O3. The summed E-state index contributed by atoms with van der Waals surface area (Å²) >= 11 is 0. The van der Waals surface area contributed by atoms with Crippen LogP contribution < -0.4 is 0 Å². The van der Waals surface area contributed by atoms with Gasteiger partial charge in [-0.25, -0.2) is 4.79 Å². The van der Waals surface area contributed by atoms with Crippen molar-refractivity contribution in [3.05, 3.63) is 0 Å². The summed E-state index contributed by atoms with van der Waals surface area (Å²) in [5.74, 6) is 0.562. The van der Waals surface area contributed by atoms with Crippen molar-refractivity contribution in [3.8, 4) is 0 Å². The number of aliphatic hydroxyl groups excluding tert-OH is 1. The van der Waals surface area contributed by atoms with Crippen LogP contribution in [-0.2, 0) is 4.74 Å². The van der Waals surface area contributed by atoms with Crippen LogP contribution in [0.1, 0.15) is 26.2 Å². The lowest BCUT2D eigenvalue weighted by molar-refractivity contribution is -0.0859. The Kier molecular flexibility index (Phi) is 3.20. The predicted molar refractivity (Wildman–Crippen MR) is 66.2 cm³/mol. The van der Waals surface area contributed by atoms with Crippen LogP contribution in [0.15, 0.2) is 0 Å². The third-order valence-electron chi connectivity index (χ3n) is 4.66. The van der Waals surface area contributed by atoms with Crippen LogP contribution in [0.4, 0.5) is 4.79 Å². The Balaban J connectivity index is 1.62. The van der Waals surface area contributed by atoms with Crippen molar-refractivity contribution >= 4 is 6.09 Å². The van der Waals surface area contributed by atoms with Gasteiger partial charge in [0.25, 0.3) is 0 Å². The third kappa shape index (κ3) is 1.99. The van der Waals surface area contributed by atoms with Crippen molar-refractivity contribution in [1.29, 1.82) is 0 Å². The zero-order chi connectivity index (χ0) is 12.7. The Labute approximate surface area is 108 Å². The van der Waals surface area contributed by atoms with Crippen LogP contribution in [0.2, 0.25) is 0 Å². The number of β-amino-alcohol motifs (C(OH)–C–C–N with tert-alkyl or cyclic N) is 1. The third-order valence-corrected chi connectivity index (χ3v) is 4.66. The van der Waals surface area contributed by atoms with E-state index in [0.29, 0.717) is 24.6 Å². The van der Waals surface area contributed by atoms with E-state index in [0.717, 1.165) is 32.5 Å². The van der Waals surface area contributed by atoms with E-state index in [1.807, 2.05) is 11.8 Å². The van der Waals surface area contributed by atoms with Crippen molar-refractivity contribution in [2.24, 2.45) is 5.92 Å². The van der Waals surface area contributed by atoms with Gasteiger partial charge in [0.2, 0.25) is 0 Å². The molecule has 3 unspecified atom stereocenters. The molecule has 3 aliphatic heterocycles. The minimum Gasteiger partial charge on any atom is -0.450 e. The van der Waals surface area contributed by atoms with Crippen LogP contribution in [-0.4, -0.2) is 65.4 Å². The molecule has 0 radical (unpaired) electrons. The topological polar surface area (TPSA) is 53.0 Å². The quantitative estimate of drug-likeness (QED) is 0.787. The number of carbonyl (C=O) groups excluding carboxylic acids is 1. The molecule has 4 rings (SSSR count). The summed E-state index contributed by atoms with van der Waals surface area (Å²) in [6.07, 6.45) is 3.09. The van der Waals surface area contributed by atoms with Gasteiger partial charge in [0.1, 0.15) is 0 Å². The van der Waals surface area contributed by atoms with Crippen molar-refractivity contribution in [3.63, 3.8) is 0 Å². The van der Waals surface area contributed by atoms with Crippen LogP contribution in [0.25, 0.3) is 0 Å². The molecule has 0 aromatic carbocycles. The molecule has 1 aliphatic carbocycles. The Morgan fingerprint density at radius 3 is 2.67 bits per heavy atom. The summed E-state index contributed by atoms with van der Waals surface area (Å²) in [7, 11) is 0. The van der Waals surface area contributed by atoms with Crippen molar-refractivity contribution in [1.82, 2.24) is 9.80 Å². The summed E-state index contributed by atoms with van der Waals surface area (Å²) in [5, 5.41) is 9.40. The lowest BCUT2D eigenvalue weighted by Crippen LogP contribution is -2.65. The molecule has 0 aromatic rings. The standard InChI is InChI=1S/C13H22N2O3/c1-2-18-13(17)15-6-9-3-4-10(15)5-12(9)14-7-11(16)8-14/h9-12,16H,2-8H2,1H3. The fraction of sp³-hybridized carbons (Fsp3) is 0.923. The van der Waals surface area contributed by atoms with Crippen LogP contribution in [0.5, 0.6) is 0 Å². The summed E-state index contributed by atoms with van der Waals surface area (Å²) < 4.78 is 5.12. The summed E-state index contributed by atoms with van der Waals surface area (Å²) in [4.78, 5) is 16.2.